The largest absolute Gasteiger partial charge is 0.0815 e. The van der Waals surface area contributed by atoms with E-state index in [2.05, 4.69) is 119 Å². The van der Waals surface area contributed by atoms with Gasteiger partial charge >= 0.3 is 0 Å². The van der Waals surface area contributed by atoms with Crippen molar-refractivity contribution in [2.45, 2.75) is 117 Å². The van der Waals surface area contributed by atoms with Crippen LogP contribution in [0.3, 0.4) is 0 Å². The minimum atomic E-state index is -1.82. The topological polar surface area (TPSA) is 0 Å². The first-order valence-electron chi connectivity index (χ1n) is 12.8. The molecular formula is C28H52Si3. The molecule has 0 N–H and O–H groups in total. The van der Waals surface area contributed by atoms with Crippen molar-refractivity contribution >= 4 is 24.2 Å². The zero-order chi connectivity index (χ0) is 24.1. The lowest BCUT2D eigenvalue weighted by molar-refractivity contribution is 0.694. The molecule has 0 aromatic carbocycles. The molecular weight excluding hydrogens is 421 g/mol. The fourth-order valence-corrected chi connectivity index (χ4v) is 16.7. The van der Waals surface area contributed by atoms with E-state index in [4.69, 9.17) is 0 Å². The molecule has 0 aromatic heterocycles. The zero-order valence-corrected chi connectivity index (χ0v) is 26.3. The van der Waals surface area contributed by atoms with Crippen LogP contribution in [0.2, 0.25) is 61.4 Å². The lowest BCUT2D eigenvalue weighted by Gasteiger charge is -2.50. The van der Waals surface area contributed by atoms with Crippen molar-refractivity contribution in [2.24, 2.45) is 11.8 Å². The highest BCUT2D eigenvalue weighted by Gasteiger charge is 2.55. The molecule has 0 aromatic rings. The van der Waals surface area contributed by atoms with E-state index in [0.29, 0.717) is 22.9 Å². The monoisotopic (exact) mass is 472 g/mol. The van der Waals surface area contributed by atoms with Gasteiger partial charge in [0.05, 0.1) is 24.2 Å². The van der Waals surface area contributed by atoms with Crippen LogP contribution in [0.4, 0.5) is 0 Å². The molecule has 0 aliphatic heterocycles. The van der Waals surface area contributed by atoms with Gasteiger partial charge in [0, 0.05) is 0 Å². The van der Waals surface area contributed by atoms with E-state index in [0.717, 1.165) is 11.1 Å². The molecule has 0 fully saturated rings. The SMILES string of the molecule is CC(C)C1=CC([Si](C)(C)C)=CC1[Si](C(C)C)(C(C)C)C1C=C([Si](C)(C)C)C=C1C(C)C. The number of rotatable bonds is 8. The highest BCUT2D eigenvalue weighted by Crippen LogP contribution is 2.61. The fourth-order valence-electron chi connectivity index (χ4n) is 6.33. The summed E-state index contributed by atoms with van der Waals surface area (Å²) in [5.74, 6) is 1.26. The molecule has 0 radical (unpaired) electrons. The van der Waals surface area contributed by atoms with Crippen LogP contribution in [0.1, 0.15) is 55.4 Å². The highest BCUT2D eigenvalue weighted by atomic mass is 28.3. The van der Waals surface area contributed by atoms with Gasteiger partial charge in [0.15, 0.2) is 0 Å². The van der Waals surface area contributed by atoms with Crippen LogP contribution < -0.4 is 0 Å². The summed E-state index contributed by atoms with van der Waals surface area (Å²) in [6.45, 7) is 35.2. The third-order valence-electron chi connectivity index (χ3n) is 8.20. The second-order valence-corrected chi connectivity index (χ2v) is 29.3. The van der Waals surface area contributed by atoms with Crippen LogP contribution in [0.5, 0.6) is 0 Å². The van der Waals surface area contributed by atoms with Crippen molar-refractivity contribution in [3.8, 4) is 0 Å². The summed E-state index contributed by atoms with van der Waals surface area (Å²) >= 11 is 0. The van der Waals surface area contributed by atoms with E-state index < -0.39 is 24.2 Å². The van der Waals surface area contributed by atoms with E-state index in [1.807, 2.05) is 0 Å². The first-order chi connectivity index (χ1) is 14.0. The molecule has 31 heavy (non-hydrogen) atoms. The van der Waals surface area contributed by atoms with E-state index in [-0.39, 0.29) is 0 Å². The molecule has 0 amide bonds. The molecule has 0 heterocycles. The first-order valence-corrected chi connectivity index (χ1v) is 22.1. The summed E-state index contributed by atoms with van der Waals surface area (Å²) < 4.78 is 0. The van der Waals surface area contributed by atoms with Gasteiger partial charge in [-0.15, -0.1) is 0 Å². The zero-order valence-electron chi connectivity index (χ0n) is 23.3. The van der Waals surface area contributed by atoms with Crippen LogP contribution in [0.15, 0.2) is 45.8 Å². The lowest BCUT2D eigenvalue weighted by atomic mass is 10.0. The molecule has 0 saturated heterocycles. The molecule has 2 atom stereocenters. The molecule has 2 unspecified atom stereocenters. The maximum Gasteiger partial charge on any atom is 0.0815 e. The Morgan fingerprint density at radius 2 is 0.839 bits per heavy atom. The summed E-state index contributed by atoms with van der Waals surface area (Å²) in [4.78, 5) is 0. The predicted molar refractivity (Wildman–Crippen MR) is 152 cm³/mol. The van der Waals surface area contributed by atoms with Crippen molar-refractivity contribution < 1.29 is 0 Å². The lowest BCUT2D eigenvalue weighted by Crippen LogP contribution is -2.50. The molecule has 2 rings (SSSR count). The average Bonchev–Trinajstić information content (AvgIpc) is 3.19. The van der Waals surface area contributed by atoms with Gasteiger partial charge in [-0.3, -0.25) is 0 Å². The van der Waals surface area contributed by atoms with Crippen LogP contribution in [-0.4, -0.2) is 24.2 Å². The van der Waals surface area contributed by atoms with Gasteiger partial charge in [-0.2, -0.15) is 0 Å². The first kappa shape index (κ1) is 26.9. The van der Waals surface area contributed by atoms with Gasteiger partial charge < -0.3 is 0 Å². The van der Waals surface area contributed by atoms with Gasteiger partial charge in [0.1, 0.15) is 0 Å². The van der Waals surface area contributed by atoms with Crippen molar-refractivity contribution in [1.82, 2.24) is 0 Å². The standard InChI is InChI=1S/C28H52Si3/c1-19(2)25-15-23(29(9,10)11)17-27(25)31(21(5)6,22(7)8)28-18-24(30(12,13)14)16-26(28)20(3)4/h15-22,27-28H,1-14H3. The predicted octanol–water partition coefficient (Wildman–Crippen LogP) is 9.80. The van der Waals surface area contributed by atoms with Crippen LogP contribution in [-0.2, 0) is 0 Å². The van der Waals surface area contributed by atoms with Crippen molar-refractivity contribution in [3.05, 3.63) is 45.8 Å². The van der Waals surface area contributed by atoms with E-state index in [1.165, 1.54) is 0 Å². The smallest absolute Gasteiger partial charge is 0.0807 e. The number of hydrogen-bond acceptors (Lipinski definition) is 0. The van der Waals surface area contributed by atoms with Gasteiger partial charge in [-0.1, -0.05) is 141 Å². The van der Waals surface area contributed by atoms with Gasteiger partial charge in [-0.05, 0) is 34.0 Å². The maximum absolute atomic E-state index is 2.81. The molecule has 0 saturated carbocycles. The number of allylic oxidation sites excluding steroid dienone is 8. The van der Waals surface area contributed by atoms with Gasteiger partial charge in [0.2, 0.25) is 0 Å². The normalized spacial score (nSPS) is 23.2. The second-order valence-electron chi connectivity index (χ2n) is 13.6. The van der Waals surface area contributed by atoms with E-state index >= 15 is 0 Å². The summed E-state index contributed by atoms with van der Waals surface area (Å²) in [5, 5.41) is 3.42. The fraction of sp³-hybridized carbons (Fsp3) is 0.714. The van der Waals surface area contributed by atoms with Crippen molar-refractivity contribution in [3.63, 3.8) is 0 Å². The summed E-state index contributed by atoms with van der Waals surface area (Å²) in [6.07, 6.45) is 11.0. The molecule has 0 spiro atoms. The Kier molecular flexibility index (Phi) is 7.88. The van der Waals surface area contributed by atoms with Crippen LogP contribution in [0, 0.1) is 11.8 Å². The third kappa shape index (κ3) is 4.94. The second kappa shape index (κ2) is 9.10. The van der Waals surface area contributed by atoms with Crippen molar-refractivity contribution in [2.75, 3.05) is 0 Å². The summed E-state index contributed by atoms with van der Waals surface area (Å²) in [7, 11) is -4.50. The minimum absolute atomic E-state index is 0.632. The quantitative estimate of drug-likeness (QED) is 0.308. The minimum Gasteiger partial charge on any atom is -0.0807 e. The molecule has 3 heteroatoms. The highest BCUT2D eigenvalue weighted by molar-refractivity contribution is 6.89. The molecule has 2 aliphatic rings. The van der Waals surface area contributed by atoms with Crippen LogP contribution >= 0.6 is 0 Å². The van der Waals surface area contributed by atoms with E-state index in [9.17, 15) is 0 Å². The summed E-state index contributed by atoms with van der Waals surface area (Å²) in [6, 6.07) is 0. The van der Waals surface area contributed by atoms with Crippen molar-refractivity contribution in [1.29, 1.82) is 0 Å². The van der Waals surface area contributed by atoms with Crippen LogP contribution in [0.25, 0.3) is 0 Å². The summed E-state index contributed by atoms with van der Waals surface area (Å²) in [5.41, 5.74) is 6.37. The Morgan fingerprint density at radius 3 is 1.03 bits per heavy atom. The van der Waals surface area contributed by atoms with E-state index in [1.54, 1.807) is 21.5 Å². The Hall–Kier alpha value is -0.389. The van der Waals surface area contributed by atoms with Gasteiger partial charge in [-0.25, -0.2) is 0 Å². The molecule has 0 bridgehead atoms. The average molecular weight is 473 g/mol. The molecule has 0 nitrogen and oxygen atoms in total. The Morgan fingerprint density at radius 1 is 0.548 bits per heavy atom. The maximum atomic E-state index is 2.81. The number of hydrogen-bond donors (Lipinski definition) is 0. The Bertz CT molecular complexity index is 721. The molecule has 176 valence electrons. The third-order valence-corrected chi connectivity index (χ3v) is 19.4. The van der Waals surface area contributed by atoms with Gasteiger partial charge in [0.25, 0.3) is 0 Å². The Balaban J connectivity index is 2.83. The Labute approximate surface area is 198 Å². The molecule has 2 aliphatic carbocycles.